The maximum absolute atomic E-state index is 9.02. The van der Waals surface area contributed by atoms with Gasteiger partial charge in [0.25, 0.3) is 0 Å². The van der Waals surface area contributed by atoms with E-state index >= 15 is 0 Å². The molecule has 15 heavy (non-hydrogen) atoms. The molecular formula is C11H17N3O. The highest BCUT2D eigenvalue weighted by molar-refractivity contribution is 5.48. The van der Waals surface area contributed by atoms with Crippen LogP contribution < -0.4 is 10.6 Å². The highest BCUT2D eigenvalue weighted by Crippen LogP contribution is 2.31. The highest BCUT2D eigenvalue weighted by Gasteiger charge is 2.28. The second kappa shape index (κ2) is 4.59. The van der Waals surface area contributed by atoms with Gasteiger partial charge in [-0.25, -0.2) is 0 Å². The monoisotopic (exact) mass is 207 g/mol. The SMILES string of the molecule is NCc1cc(N(CCO)C2CC2)ccn1. The smallest absolute Gasteiger partial charge is 0.0606 e. The van der Waals surface area contributed by atoms with E-state index in [1.165, 1.54) is 12.8 Å². The van der Waals surface area contributed by atoms with Gasteiger partial charge in [0.15, 0.2) is 0 Å². The predicted molar refractivity (Wildman–Crippen MR) is 59.6 cm³/mol. The van der Waals surface area contributed by atoms with E-state index in [0.29, 0.717) is 19.1 Å². The first-order valence-corrected chi connectivity index (χ1v) is 5.37. The molecule has 0 saturated heterocycles. The van der Waals surface area contributed by atoms with Crippen LogP contribution in [-0.2, 0) is 6.54 Å². The molecule has 4 heteroatoms. The molecule has 82 valence electrons. The first-order chi connectivity index (χ1) is 7.35. The summed E-state index contributed by atoms with van der Waals surface area (Å²) < 4.78 is 0. The van der Waals surface area contributed by atoms with Gasteiger partial charge in [-0.2, -0.15) is 0 Å². The third-order valence-corrected chi connectivity index (χ3v) is 2.67. The molecule has 0 aliphatic heterocycles. The summed E-state index contributed by atoms with van der Waals surface area (Å²) in [6.07, 6.45) is 4.23. The van der Waals surface area contributed by atoms with Crippen LogP contribution in [-0.4, -0.2) is 29.3 Å². The van der Waals surface area contributed by atoms with Crippen molar-refractivity contribution in [2.24, 2.45) is 5.73 Å². The highest BCUT2D eigenvalue weighted by atomic mass is 16.3. The minimum Gasteiger partial charge on any atom is -0.395 e. The Bertz CT molecular complexity index is 325. The quantitative estimate of drug-likeness (QED) is 0.738. The minimum absolute atomic E-state index is 0.191. The van der Waals surface area contributed by atoms with E-state index in [1.54, 1.807) is 6.20 Å². The Morgan fingerprint density at radius 1 is 1.53 bits per heavy atom. The molecule has 0 unspecified atom stereocenters. The molecule has 0 aromatic carbocycles. The molecule has 1 saturated carbocycles. The van der Waals surface area contributed by atoms with Crippen molar-refractivity contribution < 1.29 is 5.11 Å². The Morgan fingerprint density at radius 3 is 2.93 bits per heavy atom. The number of aliphatic hydroxyl groups is 1. The molecule has 0 bridgehead atoms. The lowest BCUT2D eigenvalue weighted by molar-refractivity contribution is 0.301. The van der Waals surface area contributed by atoms with Gasteiger partial charge >= 0.3 is 0 Å². The van der Waals surface area contributed by atoms with E-state index in [-0.39, 0.29) is 6.61 Å². The second-order valence-electron chi connectivity index (χ2n) is 3.86. The van der Waals surface area contributed by atoms with Gasteiger partial charge in [0.1, 0.15) is 0 Å². The summed E-state index contributed by atoms with van der Waals surface area (Å²) in [6.45, 7) is 1.35. The van der Waals surface area contributed by atoms with E-state index in [1.807, 2.05) is 12.1 Å². The molecular weight excluding hydrogens is 190 g/mol. The molecule has 0 atom stereocenters. The zero-order chi connectivity index (χ0) is 10.7. The van der Waals surface area contributed by atoms with Crippen molar-refractivity contribution in [1.29, 1.82) is 0 Å². The van der Waals surface area contributed by atoms with E-state index in [9.17, 15) is 0 Å². The van der Waals surface area contributed by atoms with Crippen LogP contribution in [0.25, 0.3) is 0 Å². The van der Waals surface area contributed by atoms with Crippen molar-refractivity contribution in [3.8, 4) is 0 Å². The average molecular weight is 207 g/mol. The zero-order valence-electron chi connectivity index (χ0n) is 8.76. The first-order valence-electron chi connectivity index (χ1n) is 5.37. The van der Waals surface area contributed by atoms with Crippen molar-refractivity contribution >= 4 is 5.69 Å². The Balaban J connectivity index is 2.16. The number of pyridine rings is 1. The van der Waals surface area contributed by atoms with Crippen LogP contribution in [0.2, 0.25) is 0 Å². The minimum atomic E-state index is 0.191. The molecule has 0 spiro atoms. The van der Waals surface area contributed by atoms with E-state index in [0.717, 1.165) is 11.4 Å². The van der Waals surface area contributed by atoms with Gasteiger partial charge in [0.2, 0.25) is 0 Å². The van der Waals surface area contributed by atoms with E-state index in [4.69, 9.17) is 10.8 Å². The average Bonchev–Trinajstić information content (AvgIpc) is 3.10. The molecule has 1 aliphatic carbocycles. The van der Waals surface area contributed by atoms with Gasteiger partial charge in [-0.1, -0.05) is 0 Å². The van der Waals surface area contributed by atoms with Crippen molar-refractivity contribution in [1.82, 2.24) is 4.98 Å². The maximum atomic E-state index is 9.02. The number of nitrogens with zero attached hydrogens (tertiary/aromatic N) is 2. The maximum Gasteiger partial charge on any atom is 0.0606 e. The van der Waals surface area contributed by atoms with Crippen molar-refractivity contribution in [2.45, 2.75) is 25.4 Å². The fourth-order valence-electron chi connectivity index (χ4n) is 1.77. The Labute approximate surface area is 89.7 Å². The lowest BCUT2D eigenvalue weighted by atomic mass is 10.2. The number of anilines is 1. The van der Waals surface area contributed by atoms with Crippen molar-refractivity contribution in [2.75, 3.05) is 18.1 Å². The molecule has 1 fully saturated rings. The van der Waals surface area contributed by atoms with Crippen LogP contribution in [0.5, 0.6) is 0 Å². The Morgan fingerprint density at radius 2 is 2.33 bits per heavy atom. The van der Waals surface area contributed by atoms with Gasteiger partial charge in [0.05, 0.1) is 12.3 Å². The number of nitrogens with two attached hydrogens (primary N) is 1. The molecule has 1 aromatic heterocycles. The van der Waals surface area contributed by atoms with Crippen molar-refractivity contribution in [3.05, 3.63) is 24.0 Å². The number of hydrogen-bond acceptors (Lipinski definition) is 4. The van der Waals surface area contributed by atoms with Gasteiger partial charge in [-0.15, -0.1) is 0 Å². The summed E-state index contributed by atoms with van der Waals surface area (Å²) in [4.78, 5) is 6.40. The number of rotatable bonds is 5. The van der Waals surface area contributed by atoms with Crippen LogP contribution in [0.4, 0.5) is 5.69 Å². The van der Waals surface area contributed by atoms with Crippen LogP contribution in [0.3, 0.4) is 0 Å². The third kappa shape index (κ3) is 2.46. The predicted octanol–water partition coefficient (Wildman–Crippen LogP) is 0.501. The molecule has 0 radical (unpaired) electrons. The molecule has 1 heterocycles. The molecule has 3 N–H and O–H groups in total. The van der Waals surface area contributed by atoms with Crippen LogP contribution in [0.1, 0.15) is 18.5 Å². The summed E-state index contributed by atoms with van der Waals surface area (Å²) >= 11 is 0. The van der Waals surface area contributed by atoms with Gasteiger partial charge < -0.3 is 15.7 Å². The standard InChI is InChI=1S/C11H17N3O/c12-8-9-7-11(3-4-13-9)14(5-6-15)10-1-2-10/h3-4,7,10,15H,1-2,5-6,8,12H2. The summed E-state index contributed by atoms with van der Waals surface area (Å²) in [7, 11) is 0. The first kappa shape index (κ1) is 10.4. The van der Waals surface area contributed by atoms with E-state index in [2.05, 4.69) is 9.88 Å². The van der Waals surface area contributed by atoms with Crippen LogP contribution >= 0.6 is 0 Å². The third-order valence-electron chi connectivity index (χ3n) is 2.67. The fraction of sp³-hybridized carbons (Fsp3) is 0.545. The summed E-state index contributed by atoms with van der Waals surface area (Å²) in [6, 6.07) is 4.59. The summed E-state index contributed by atoms with van der Waals surface area (Å²) in [5.41, 5.74) is 7.58. The van der Waals surface area contributed by atoms with E-state index < -0.39 is 0 Å². The van der Waals surface area contributed by atoms with Crippen LogP contribution in [0, 0.1) is 0 Å². The lowest BCUT2D eigenvalue weighted by Crippen LogP contribution is -2.29. The number of hydrogen-bond donors (Lipinski definition) is 2. The Hall–Kier alpha value is -1.13. The molecule has 0 amide bonds. The molecule has 4 nitrogen and oxygen atoms in total. The number of aliphatic hydroxyl groups excluding tert-OH is 1. The largest absolute Gasteiger partial charge is 0.395 e. The number of aromatic nitrogens is 1. The van der Waals surface area contributed by atoms with Crippen molar-refractivity contribution in [3.63, 3.8) is 0 Å². The second-order valence-corrected chi connectivity index (χ2v) is 3.86. The van der Waals surface area contributed by atoms with Gasteiger partial charge in [-0.05, 0) is 25.0 Å². The summed E-state index contributed by atoms with van der Waals surface area (Å²) in [5.74, 6) is 0. The normalized spacial score (nSPS) is 15.3. The fourth-order valence-corrected chi connectivity index (χ4v) is 1.77. The lowest BCUT2D eigenvalue weighted by Gasteiger charge is -2.23. The van der Waals surface area contributed by atoms with Crippen LogP contribution in [0.15, 0.2) is 18.3 Å². The zero-order valence-corrected chi connectivity index (χ0v) is 8.76. The van der Waals surface area contributed by atoms with Gasteiger partial charge in [-0.3, -0.25) is 4.98 Å². The topological polar surface area (TPSA) is 62.4 Å². The van der Waals surface area contributed by atoms with Gasteiger partial charge in [0, 0.05) is 31.0 Å². The molecule has 1 aliphatic rings. The summed E-state index contributed by atoms with van der Waals surface area (Å²) in [5, 5.41) is 9.02. The molecule has 2 rings (SSSR count). The Kier molecular flexibility index (Phi) is 3.18. The molecule has 1 aromatic rings.